The summed E-state index contributed by atoms with van der Waals surface area (Å²) in [5.74, 6) is 0.871. The minimum atomic E-state index is 0.207. The molecule has 0 saturated heterocycles. The number of hydrogen-bond acceptors (Lipinski definition) is 2. The van der Waals surface area contributed by atoms with Gasteiger partial charge in [0.05, 0.1) is 7.11 Å². The second kappa shape index (κ2) is 5.21. The van der Waals surface area contributed by atoms with Crippen LogP contribution in [-0.4, -0.2) is 12.2 Å². The lowest BCUT2D eigenvalue weighted by atomic mass is 10.1. The van der Waals surface area contributed by atoms with E-state index in [0.717, 1.165) is 11.1 Å². The number of hydrogen-bond donors (Lipinski definition) is 1. The van der Waals surface area contributed by atoms with Gasteiger partial charge >= 0.3 is 0 Å². The summed E-state index contributed by atoms with van der Waals surface area (Å²) in [7, 11) is 1.59. The summed E-state index contributed by atoms with van der Waals surface area (Å²) in [6.45, 7) is 0. The number of phenols is 1. The Morgan fingerprint density at radius 2 is 1.76 bits per heavy atom. The van der Waals surface area contributed by atoms with Gasteiger partial charge in [-0.05, 0) is 17.7 Å². The fraction of sp³-hybridized carbons (Fsp3) is 0.0667. The number of ether oxygens (including phenoxy) is 1. The van der Waals surface area contributed by atoms with Crippen molar-refractivity contribution in [1.29, 1.82) is 0 Å². The van der Waals surface area contributed by atoms with Gasteiger partial charge < -0.3 is 9.84 Å². The monoisotopic (exact) mass is 226 g/mol. The molecule has 0 aliphatic heterocycles. The predicted molar refractivity (Wildman–Crippen MR) is 70.0 cm³/mol. The van der Waals surface area contributed by atoms with Gasteiger partial charge in [-0.3, -0.25) is 0 Å². The van der Waals surface area contributed by atoms with Crippen molar-refractivity contribution in [2.24, 2.45) is 0 Å². The van der Waals surface area contributed by atoms with Crippen molar-refractivity contribution >= 4 is 12.2 Å². The maximum Gasteiger partial charge on any atom is 0.129 e. The molecule has 2 rings (SSSR count). The molecule has 0 amide bonds. The Hall–Kier alpha value is -2.22. The fourth-order valence-corrected chi connectivity index (χ4v) is 1.59. The highest BCUT2D eigenvalue weighted by atomic mass is 16.5. The average Bonchev–Trinajstić information content (AvgIpc) is 2.38. The normalized spacial score (nSPS) is 10.6. The zero-order valence-corrected chi connectivity index (χ0v) is 9.63. The van der Waals surface area contributed by atoms with Gasteiger partial charge in [0.1, 0.15) is 11.5 Å². The van der Waals surface area contributed by atoms with Crippen LogP contribution in [0.25, 0.3) is 12.2 Å². The molecule has 0 saturated carbocycles. The highest BCUT2D eigenvalue weighted by Crippen LogP contribution is 2.25. The van der Waals surface area contributed by atoms with E-state index in [1.807, 2.05) is 48.6 Å². The molecule has 86 valence electrons. The molecule has 17 heavy (non-hydrogen) atoms. The molecule has 0 fully saturated rings. The Kier molecular flexibility index (Phi) is 3.46. The molecule has 0 spiro atoms. The summed E-state index contributed by atoms with van der Waals surface area (Å²) in [6, 6.07) is 15.1. The van der Waals surface area contributed by atoms with Crippen molar-refractivity contribution in [2.45, 2.75) is 0 Å². The summed E-state index contributed by atoms with van der Waals surface area (Å²) in [6.07, 6.45) is 3.97. The first-order chi connectivity index (χ1) is 8.29. The Balaban J connectivity index is 2.27. The molecular weight excluding hydrogens is 212 g/mol. The standard InChI is InChI=1S/C15H14O2/c1-17-15-11-14(16)10-9-13(15)8-7-12-5-3-2-4-6-12/h2-11,16H,1H3. The van der Waals surface area contributed by atoms with Gasteiger partial charge in [-0.1, -0.05) is 42.5 Å². The van der Waals surface area contributed by atoms with Crippen LogP contribution in [0, 0.1) is 0 Å². The van der Waals surface area contributed by atoms with Crippen LogP contribution in [0.5, 0.6) is 11.5 Å². The molecular formula is C15H14O2. The summed E-state index contributed by atoms with van der Waals surface area (Å²) in [4.78, 5) is 0. The minimum absolute atomic E-state index is 0.207. The van der Waals surface area contributed by atoms with Crippen LogP contribution in [-0.2, 0) is 0 Å². The van der Waals surface area contributed by atoms with E-state index in [1.165, 1.54) is 0 Å². The zero-order chi connectivity index (χ0) is 12.1. The molecule has 0 bridgehead atoms. The van der Waals surface area contributed by atoms with E-state index in [9.17, 15) is 5.11 Å². The molecule has 0 atom stereocenters. The molecule has 2 aromatic rings. The first-order valence-corrected chi connectivity index (χ1v) is 5.40. The lowest BCUT2D eigenvalue weighted by molar-refractivity contribution is 0.407. The van der Waals surface area contributed by atoms with Crippen molar-refractivity contribution in [3.8, 4) is 11.5 Å². The number of phenolic OH excluding ortho intramolecular Hbond substituents is 1. The zero-order valence-electron chi connectivity index (χ0n) is 9.63. The lowest BCUT2D eigenvalue weighted by Crippen LogP contribution is -1.86. The van der Waals surface area contributed by atoms with Gasteiger partial charge in [-0.25, -0.2) is 0 Å². The Morgan fingerprint density at radius 1 is 1.00 bits per heavy atom. The van der Waals surface area contributed by atoms with E-state index < -0.39 is 0 Å². The number of aromatic hydroxyl groups is 1. The topological polar surface area (TPSA) is 29.5 Å². The molecule has 2 nitrogen and oxygen atoms in total. The maximum atomic E-state index is 9.35. The van der Waals surface area contributed by atoms with Crippen molar-refractivity contribution < 1.29 is 9.84 Å². The molecule has 0 aliphatic rings. The second-order valence-corrected chi connectivity index (χ2v) is 3.67. The average molecular weight is 226 g/mol. The van der Waals surface area contributed by atoms with E-state index in [1.54, 1.807) is 19.2 Å². The molecule has 0 heterocycles. The summed E-state index contributed by atoms with van der Waals surface area (Å²) in [5, 5.41) is 9.35. The van der Waals surface area contributed by atoms with E-state index >= 15 is 0 Å². The quantitative estimate of drug-likeness (QED) is 0.811. The van der Waals surface area contributed by atoms with Crippen molar-refractivity contribution in [2.75, 3.05) is 7.11 Å². The van der Waals surface area contributed by atoms with Crippen molar-refractivity contribution in [1.82, 2.24) is 0 Å². The first-order valence-electron chi connectivity index (χ1n) is 5.40. The number of methoxy groups -OCH3 is 1. The third kappa shape index (κ3) is 2.88. The molecule has 0 radical (unpaired) electrons. The lowest BCUT2D eigenvalue weighted by Gasteiger charge is -2.04. The van der Waals surface area contributed by atoms with Crippen LogP contribution in [0.2, 0.25) is 0 Å². The smallest absolute Gasteiger partial charge is 0.129 e. The Labute approximate surface area is 101 Å². The van der Waals surface area contributed by atoms with Gasteiger partial charge in [0, 0.05) is 11.6 Å². The van der Waals surface area contributed by atoms with Gasteiger partial charge in [0.2, 0.25) is 0 Å². The number of benzene rings is 2. The largest absolute Gasteiger partial charge is 0.508 e. The summed E-state index contributed by atoms with van der Waals surface area (Å²) in [5.41, 5.74) is 2.07. The van der Waals surface area contributed by atoms with Crippen LogP contribution in [0.4, 0.5) is 0 Å². The van der Waals surface area contributed by atoms with E-state index in [2.05, 4.69) is 0 Å². The molecule has 0 unspecified atom stereocenters. The third-order valence-corrected chi connectivity index (χ3v) is 2.47. The van der Waals surface area contributed by atoms with E-state index in [4.69, 9.17) is 4.74 Å². The van der Waals surface area contributed by atoms with E-state index in [0.29, 0.717) is 5.75 Å². The predicted octanol–water partition coefficient (Wildman–Crippen LogP) is 3.57. The maximum absolute atomic E-state index is 9.35. The molecule has 1 N–H and O–H groups in total. The van der Waals surface area contributed by atoms with Crippen molar-refractivity contribution in [3.63, 3.8) is 0 Å². The van der Waals surface area contributed by atoms with Crippen molar-refractivity contribution in [3.05, 3.63) is 59.7 Å². The van der Waals surface area contributed by atoms with Gasteiger partial charge in [0.15, 0.2) is 0 Å². The van der Waals surface area contributed by atoms with E-state index in [-0.39, 0.29) is 5.75 Å². The highest BCUT2D eigenvalue weighted by molar-refractivity contribution is 5.72. The SMILES string of the molecule is COc1cc(O)ccc1C=Cc1ccccc1. The van der Waals surface area contributed by atoms with Crippen LogP contribution in [0.3, 0.4) is 0 Å². The van der Waals surface area contributed by atoms with Crippen LogP contribution >= 0.6 is 0 Å². The van der Waals surface area contributed by atoms with Crippen LogP contribution in [0.1, 0.15) is 11.1 Å². The summed E-state index contributed by atoms with van der Waals surface area (Å²) < 4.78 is 5.20. The fourth-order valence-electron chi connectivity index (χ4n) is 1.59. The summed E-state index contributed by atoms with van der Waals surface area (Å²) >= 11 is 0. The number of rotatable bonds is 3. The highest BCUT2D eigenvalue weighted by Gasteiger charge is 2.00. The minimum Gasteiger partial charge on any atom is -0.508 e. The van der Waals surface area contributed by atoms with Gasteiger partial charge in [-0.2, -0.15) is 0 Å². The van der Waals surface area contributed by atoms with Gasteiger partial charge in [-0.15, -0.1) is 0 Å². The third-order valence-electron chi connectivity index (χ3n) is 2.47. The second-order valence-electron chi connectivity index (χ2n) is 3.67. The Bertz CT molecular complexity index is 516. The Morgan fingerprint density at radius 3 is 2.47 bits per heavy atom. The molecule has 2 heteroatoms. The molecule has 0 aromatic heterocycles. The van der Waals surface area contributed by atoms with Crippen LogP contribution < -0.4 is 4.74 Å². The molecule has 2 aromatic carbocycles. The molecule has 0 aliphatic carbocycles. The first kappa shape index (κ1) is 11.3. The van der Waals surface area contributed by atoms with Gasteiger partial charge in [0.25, 0.3) is 0 Å². The van der Waals surface area contributed by atoms with Crippen LogP contribution in [0.15, 0.2) is 48.5 Å².